The Morgan fingerprint density at radius 3 is 2.46 bits per heavy atom. The first kappa shape index (κ1) is 16.2. The van der Waals surface area contributed by atoms with Crippen molar-refractivity contribution in [1.82, 2.24) is 20.0 Å². The number of rotatable bonds is 7. The fourth-order valence-corrected chi connectivity index (χ4v) is 2.29. The van der Waals surface area contributed by atoms with Crippen molar-refractivity contribution in [3.05, 3.63) is 54.6 Å². The number of methoxy groups -OCH3 is 1. The number of benzene rings is 1. The zero-order valence-corrected chi connectivity index (χ0v) is 13.2. The third-order valence-corrected chi connectivity index (χ3v) is 3.45. The molecule has 0 aliphatic rings. The number of hydrogen-bond donors (Lipinski definition) is 0. The highest BCUT2D eigenvalue weighted by atomic mass is 19.1. The Labute approximate surface area is 138 Å². The molecule has 0 spiro atoms. The Morgan fingerprint density at radius 1 is 1.00 bits per heavy atom. The average molecular weight is 328 g/mol. The van der Waals surface area contributed by atoms with E-state index in [-0.39, 0.29) is 12.5 Å². The molecule has 0 aliphatic carbocycles. The summed E-state index contributed by atoms with van der Waals surface area (Å²) in [6, 6.07) is 9.91. The summed E-state index contributed by atoms with van der Waals surface area (Å²) in [4.78, 5) is 4.04. The minimum Gasteiger partial charge on any atom is -0.382 e. The van der Waals surface area contributed by atoms with Crippen LogP contribution in [-0.2, 0) is 16.2 Å². The predicted molar refractivity (Wildman–Crippen MR) is 86.5 cm³/mol. The molecular formula is C17H17FN4O2. The molecule has 0 saturated heterocycles. The minimum atomic E-state index is -0.292. The third kappa shape index (κ3) is 3.64. The summed E-state index contributed by atoms with van der Waals surface area (Å²) in [7, 11) is 1.62. The van der Waals surface area contributed by atoms with Crippen molar-refractivity contribution in [1.29, 1.82) is 0 Å². The normalized spacial score (nSPS) is 10.9. The van der Waals surface area contributed by atoms with E-state index in [1.54, 1.807) is 36.3 Å². The molecule has 3 aromatic rings. The molecule has 24 heavy (non-hydrogen) atoms. The quantitative estimate of drug-likeness (QED) is 0.624. The van der Waals surface area contributed by atoms with Gasteiger partial charge in [-0.25, -0.2) is 9.07 Å². The lowest BCUT2D eigenvalue weighted by Crippen LogP contribution is -2.09. The highest BCUT2D eigenvalue weighted by Crippen LogP contribution is 2.30. The van der Waals surface area contributed by atoms with Gasteiger partial charge in [0.1, 0.15) is 18.2 Å². The van der Waals surface area contributed by atoms with E-state index in [0.29, 0.717) is 18.9 Å². The van der Waals surface area contributed by atoms with Gasteiger partial charge in [-0.1, -0.05) is 5.21 Å². The fourth-order valence-electron chi connectivity index (χ4n) is 2.29. The van der Waals surface area contributed by atoms with Crippen LogP contribution in [0.4, 0.5) is 4.39 Å². The summed E-state index contributed by atoms with van der Waals surface area (Å²) in [5.41, 5.74) is 3.15. The third-order valence-electron chi connectivity index (χ3n) is 3.45. The summed E-state index contributed by atoms with van der Waals surface area (Å²) < 4.78 is 25.4. The second kappa shape index (κ2) is 7.76. The van der Waals surface area contributed by atoms with Crippen molar-refractivity contribution in [3.63, 3.8) is 0 Å². The van der Waals surface area contributed by atoms with Crippen molar-refractivity contribution in [2.45, 2.75) is 6.73 Å². The average Bonchev–Trinajstić information content (AvgIpc) is 3.04. The molecule has 1 aromatic carbocycles. The maximum absolute atomic E-state index is 13.2. The molecule has 0 unspecified atom stereocenters. The van der Waals surface area contributed by atoms with Gasteiger partial charge in [-0.2, -0.15) is 0 Å². The first-order valence-electron chi connectivity index (χ1n) is 7.46. The Balaban J connectivity index is 1.96. The Bertz CT molecular complexity index is 775. The van der Waals surface area contributed by atoms with Crippen LogP contribution in [0.5, 0.6) is 0 Å². The maximum Gasteiger partial charge on any atom is 0.141 e. The van der Waals surface area contributed by atoms with Crippen LogP contribution in [0, 0.1) is 5.82 Å². The van der Waals surface area contributed by atoms with Gasteiger partial charge in [-0.3, -0.25) is 4.98 Å². The van der Waals surface area contributed by atoms with Gasteiger partial charge in [0.15, 0.2) is 0 Å². The molecule has 0 aliphatic heterocycles. The van der Waals surface area contributed by atoms with Crippen LogP contribution >= 0.6 is 0 Å². The van der Waals surface area contributed by atoms with E-state index in [9.17, 15) is 4.39 Å². The van der Waals surface area contributed by atoms with Crippen LogP contribution in [0.2, 0.25) is 0 Å². The Hall–Kier alpha value is -2.64. The number of halogens is 1. The van der Waals surface area contributed by atoms with E-state index < -0.39 is 0 Å². The monoisotopic (exact) mass is 328 g/mol. The molecule has 6 nitrogen and oxygen atoms in total. The van der Waals surface area contributed by atoms with E-state index in [0.717, 1.165) is 16.8 Å². The van der Waals surface area contributed by atoms with Gasteiger partial charge in [0.2, 0.25) is 0 Å². The lowest BCUT2D eigenvalue weighted by molar-refractivity contribution is 0.0288. The summed E-state index contributed by atoms with van der Waals surface area (Å²) in [6.45, 7) is 1.21. The van der Waals surface area contributed by atoms with Crippen LogP contribution in [0.3, 0.4) is 0 Å². The molecule has 124 valence electrons. The Kier molecular flexibility index (Phi) is 5.25. The summed E-state index contributed by atoms with van der Waals surface area (Å²) in [5, 5.41) is 8.43. The molecule has 0 fully saturated rings. The number of ether oxygens (including phenoxy) is 2. The maximum atomic E-state index is 13.2. The molecule has 0 radical (unpaired) electrons. The lowest BCUT2D eigenvalue weighted by atomic mass is 10.1. The van der Waals surface area contributed by atoms with Gasteiger partial charge in [0.05, 0.1) is 18.9 Å². The highest BCUT2D eigenvalue weighted by molar-refractivity contribution is 5.77. The number of aromatic nitrogens is 4. The topological polar surface area (TPSA) is 62.1 Å². The minimum absolute atomic E-state index is 0.245. The second-order valence-corrected chi connectivity index (χ2v) is 5.06. The standard InChI is InChI=1S/C17H17FN4O2/c1-23-10-11-24-12-22-17(14-6-8-19-9-7-14)16(20-21-22)13-2-4-15(18)5-3-13/h2-9H,10-12H2,1H3. The number of hydrogen-bond acceptors (Lipinski definition) is 5. The number of nitrogens with zero attached hydrogens (tertiary/aromatic N) is 4. The first-order valence-corrected chi connectivity index (χ1v) is 7.46. The van der Waals surface area contributed by atoms with Crippen LogP contribution < -0.4 is 0 Å². The van der Waals surface area contributed by atoms with E-state index in [4.69, 9.17) is 9.47 Å². The Morgan fingerprint density at radius 2 is 1.75 bits per heavy atom. The predicted octanol–water partition coefficient (Wildman–Crippen LogP) is 2.77. The molecule has 3 rings (SSSR count). The molecule has 0 N–H and O–H groups in total. The van der Waals surface area contributed by atoms with Gasteiger partial charge in [0.25, 0.3) is 0 Å². The molecule has 2 aromatic heterocycles. The number of pyridine rings is 1. The van der Waals surface area contributed by atoms with E-state index in [1.165, 1.54) is 12.1 Å². The van der Waals surface area contributed by atoms with Gasteiger partial charge >= 0.3 is 0 Å². The molecular weight excluding hydrogens is 311 g/mol. The van der Waals surface area contributed by atoms with Crippen molar-refractivity contribution in [2.75, 3.05) is 20.3 Å². The lowest BCUT2D eigenvalue weighted by Gasteiger charge is -2.09. The van der Waals surface area contributed by atoms with Crippen LogP contribution in [0.1, 0.15) is 0 Å². The van der Waals surface area contributed by atoms with Crippen LogP contribution in [0.15, 0.2) is 48.8 Å². The zero-order valence-electron chi connectivity index (χ0n) is 13.2. The van der Waals surface area contributed by atoms with E-state index in [2.05, 4.69) is 15.3 Å². The zero-order chi connectivity index (χ0) is 16.8. The SMILES string of the molecule is COCCOCn1nnc(-c2ccc(F)cc2)c1-c1ccncc1. The van der Waals surface area contributed by atoms with Crippen molar-refractivity contribution in [2.24, 2.45) is 0 Å². The summed E-state index contributed by atoms with van der Waals surface area (Å²) >= 11 is 0. The smallest absolute Gasteiger partial charge is 0.141 e. The highest BCUT2D eigenvalue weighted by Gasteiger charge is 2.16. The second-order valence-electron chi connectivity index (χ2n) is 5.06. The summed E-state index contributed by atoms with van der Waals surface area (Å²) in [6.07, 6.45) is 3.40. The molecule has 0 amide bonds. The fraction of sp³-hybridized carbons (Fsp3) is 0.235. The molecule has 7 heteroatoms. The largest absolute Gasteiger partial charge is 0.382 e. The van der Waals surface area contributed by atoms with Crippen LogP contribution in [0.25, 0.3) is 22.5 Å². The van der Waals surface area contributed by atoms with Gasteiger partial charge in [-0.05, 0) is 36.4 Å². The van der Waals surface area contributed by atoms with Gasteiger partial charge in [0, 0.05) is 30.6 Å². The van der Waals surface area contributed by atoms with Gasteiger partial charge < -0.3 is 9.47 Å². The molecule has 0 atom stereocenters. The summed E-state index contributed by atoms with van der Waals surface area (Å²) in [5.74, 6) is -0.292. The van der Waals surface area contributed by atoms with Crippen molar-refractivity contribution in [3.8, 4) is 22.5 Å². The van der Waals surface area contributed by atoms with Crippen molar-refractivity contribution >= 4 is 0 Å². The van der Waals surface area contributed by atoms with Crippen molar-refractivity contribution < 1.29 is 13.9 Å². The van der Waals surface area contributed by atoms with Crippen LogP contribution in [-0.4, -0.2) is 40.3 Å². The molecule has 0 saturated carbocycles. The molecule has 2 heterocycles. The van der Waals surface area contributed by atoms with E-state index in [1.807, 2.05) is 12.1 Å². The first-order chi connectivity index (χ1) is 11.8. The van der Waals surface area contributed by atoms with Gasteiger partial charge in [-0.15, -0.1) is 5.10 Å². The van der Waals surface area contributed by atoms with E-state index >= 15 is 0 Å². The molecule has 0 bridgehead atoms.